The summed E-state index contributed by atoms with van der Waals surface area (Å²) < 4.78 is 18.3. The Morgan fingerprint density at radius 1 is 1.56 bits per heavy atom. The molecule has 5 heteroatoms. The van der Waals surface area contributed by atoms with Crippen molar-refractivity contribution in [2.45, 2.75) is 6.42 Å². The second kappa shape index (κ2) is 5.82. The summed E-state index contributed by atoms with van der Waals surface area (Å²) in [5.41, 5.74) is 0.768. The van der Waals surface area contributed by atoms with E-state index in [2.05, 4.69) is 10.6 Å². The van der Waals surface area contributed by atoms with E-state index >= 15 is 0 Å². The fourth-order valence-corrected chi connectivity index (χ4v) is 1.88. The summed E-state index contributed by atoms with van der Waals surface area (Å²) in [6.45, 7) is 1.99. The SMILES string of the molecule is COc1ccc(F)cc1CCNC(=O)C1CNC1. The maximum absolute atomic E-state index is 13.1. The Hall–Kier alpha value is -1.62. The van der Waals surface area contributed by atoms with Gasteiger partial charge in [-0.25, -0.2) is 4.39 Å². The van der Waals surface area contributed by atoms with Crippen LogP contribution in [0.1, 0.15) is 5.56 Å². The van der Waals surface area contributed by atoms with Crippen LogP contribution in [0.2, 0.25) is 0 Å². The first-order chi connectivity index (χ1) is 8.70. The number of rotatable bonds is 5. The van der Waals surface area contributed by atoms with Crippen molar-refractivity contribution in [3.63, 3.8) is 0 Å². The molecule has 1 amide bonds. The van der Waals surface area contributed by atoms with Crippen molar-refractivity contribution in [2.24, 2.45) is 5.92 Å². The van der Waals surface area contributed by atoms with Crippen LogP contribution < -0.4 is 15.4 Å². The molecule has 1 heterocycles. The van der Waals surface area contributed by atoms with E-state index in [0.717, 1.165) is 18.7 Å². The Morgan fingerprint density at radius 2 is 2.33 bits per heavy atom. The molecule has 0 saturated carbocycles. The Bertz CT molecular complexity index is 433. The minimum Gasteiger partial charge on any atom is -0.496 e. The normalized spacial score (nSPS) is 15.0. The summed E-state index contributed by atoms with van der Waals surface area (Å²) in [6.07, 6.45) is 0.562. The first-order valence-electron chi connectivity index (χ1n) is 6.01. The lowest BCUT2D eigenvalue weighted by Gasteiger charge is -2.25. The molecule has 4 nitrogen and oxygen atoms in total. The summed E-state index contributed by atoms with van der Waals surface area (Å²) in [6, 6.07) is 4.40. The molecular weight excluding hydrogens is 235 g/mol. The number of amides is 1. The molecule has 1 aromatic rings. The third-order valence-corrected chi connectivity index (χ3v) is 3.09. The van der Waals surface area contributed by atoms with Crippen molar-refractivity contribution in [1.82, 2.24) is 10.6 Å². The van der Waals surface area contributed by atoms with Crippen LogP contribution in [0.3, 0.4) is 0 Å². The van der Waals surface area contributed by atoms with Gasteiger partial charge in [-0.3, -0.25) is 4.79 Å². The molecule has 1 aliphatic rings. The first-order valence-corrected chi connectivity index (χ1v) is 6.01. The number of carbonyl (C=O) groups is 1. The molecule has 0 unspecified atom stereocenters. The van der Waals surface area contributed by atoms with Gasteiger partial charge in [0.2, 0.25) is 5.91 Å². The molecule has 0 bridgehead atoms. The summed E-state index contributed by atoms with van der Waals surface area (Å²) >= 11 is 0. The molecule has 1 aromatic carbocycles. The van der Waals surface area contributed by atoms with Gasteiger partial charge in [0.05, 0.1) is 13.0 Å². The third kappa shape index (κ3) is 2.98. The maximum Gasteiger partial charge on any atom is 0.225 e. The van der Waals surface area contributed by atoms with Crippen molar-refractivity contribution in [3.8, 4) is 5.75 Å². The summed E-state index contributed by atoms with van der Waals surface area (Å²) in [5.74, 6) is 0.500. The van der Waals surface area contributed by atoms with E-state index in [-0.39, 0.29) is 17.6 Å². The van der Waals surface area contributed by atoms with E-state index in [1.165, 1.54) is 12.1 Å². The predicted molar refractivity (Wildman–Crippen MR) is 66.0 cm³/mol. The van der Waals surface area contributed by atoms with Gasteiger partial charge in [-0.2, -0.15) is 0 Å². The summed E-state index contributed by atoms with van der Waals surface area (Å²) in [5, 5.41) is 5.89. The lowest BCUT2D eigenvalue weighted by atomic mass is 10.0. The van der Waals surface area contributed by atoms with E-state index in [9.17, 15) is 9.18 Å². The third-order valence-electron chi connectivity index (χ3n) is 3.09. The zero-order chi connectivity index (χ0) is 13.0. The Kier molecular flexibility index (Phi) is 4.15. The summed E-state index contributed by atoms with van der Waals surface area (Å²) in [4.78, 5) is 11.6. The van der Waals surface area contributed by atoms with Crippen LogP contribution in [0, 0.1) is 11.7 Å². The highest BCUT2D eigenvalue weighted by molar-refractivity contribution is 5.79. The average molecular weight is 252 g/mol. The molecule has 1 aliphatic heterocycles. The van der Waals surface area contributed by atoms with Crippen molar-refractivity contribution in [1.29, 1.82) is 0 Å². The fourth-order valence-electron chi connectivity index (χ4n) is 1.88. The van der Waals surface area contributed by atoms with Gasteiger partial charge >= 0.3 is 0 Å². The van der Waals surface area contributed by atoms with Gasteiger partial charge < -0.3 is 15.4 Å². The largest absolute Gasteiger partial charge is 0.496 e. The van der Waals surface area contributed by atoms with Gasteiger partial charge in [0.1, 0.15) is 11.6 Å². The molecule has 2 N–H and O–H groups in total. The van der Waals surface area contributed by atoms with Crippen LogP contribution in [0.4, 0.5) is 4.39 Å². The van der Waals surface area contributed by atoms with Crippen LogP contribution >= 0.6 is 0 Å². The molecule has 2 rings (SSSR count). The van der Waals surface area contributed by atoms with Gasteiger partial charge in [-0.15, -0.1) is 0 Å². The van der Waals surface area contributed by atoms with E-state index in [4.69, 9.17) is 4.74 Å². The number of nitrogens with one attached hydrogen (secondary N) is 2. The lowest BCUT2D eigenvalue weighted by molar-refractivity contribution is -0.126. The zero-order valence-corrected chi connectivity index (χ0v) is 10.3. The molecule has 0 radical (unpaired) electrons. The van der Waals surface area contributed by atoms with Gasteiger partial charge in [-0.1, -0.05) is 0 Å². The molecule has 98 valence electrons. The zero-order valence-electron chi connectivity index (χ0n) is 10.3. The second-order valence-corrected chi connectivity index (χ2v) is 4.35. The van der Waals surface area contributed by atoms with Gasteiger partial charge in [0, 0.05) is 19.6 Å². The standard InChI is InChI=1S/C13H17FN2O2/c1-18-12-3-2-11(14)6-9(12)4-5-16-13(17)10-7-15-8-10/h2-3,6,10,15H,4-5,7-8H2,1H3,(H,16,17). The molecule has 0 aromatic heterocycles. The molecule has 18 heavy (non-hydrogen) atoms. The number of hydrogen-bond donors (Lipinski definition) is 2. The average Bonchev–Trinajstić information content (AvgIpc) is 2.27. The monoisotopic (exact) mass is 252 g/mol. The van der Waals surface area contributed by atoms with Crippen molar-refractivity contribution in [3.05, 3.63) is 29.6 Å². The molecule has 0 atom stereocenters. The molecule has 0 spiro atoms. The highest BCUT2D eigenvalue weighted by Gasteiger charge is 2.24. The summed E-state index contributed by atoms with van der Waals surface area (Å²) in [7, 11) is 1.55. The van der Waals surface area contributed by atoms with Crippen molar-refractivity contribution in [2.75, 3.05) is 26.7 Å². The second-order valence-electron chi connectivity index (χ2n) is 4.35. The van der Waals surface area contributed by atoms with Crippen LogP contribution in [0.5, 0.6) is 5.75 Å². The number of ether oxygens (including phenoxy) is 1. The van der Waals surface area contributed by atoms with Crippen LogP contribution in [0.25, 0.3) is 0 Å². The van der Waals surface area contributed by atoms with Crippen LogP contribution in [-0.2, 0) is 11.2 Å². The minimum atomic E-state index is -0.291. The van der Waals surface area contributed by atoms with Crippen molar-refractivity contribution >= 4 is 5.91 Å². The van der Waals surface area contributed by atoms with Crippen LogP contribution in [0.15, 0.2) is 18.2 Å². The van der Waals surface area contributed by atoms with E-state index < -0.39 is 0 Å². The fraction of sp³-hybridized carbons (Fsp3) is 0.462. The van der Waals surface area contributed by atoms with E-state index in [1.807, 2.05) is 0 Å². The molecule has 0 aliphatic carbocycles. The number of halogens is 1. The van der Waals surface area contributed by atoms with Crippen molar-refractivity contribution < 1.29 is 13.9 Å². The van der Waals surface area contributed by atoms with E-state index in [1.54, 1.807) is 13.2 Å². The minimum absolute atomic E-state index is 0.0594. The number of carbonyl (C=O) groups excluding carboxylic acids is 1. The quantitative estimate of drug-likeness (QED) is 0.811. The smallest absolute Gasteiger partial charge is 0.225 e. The molecular formula is C13H17FN2O2. The van der Waals surface area contributed by atoms with E-state index in [0.29, 0.717) is 18.7 Å². The van der Waals surface area contributed by atoms with Gasteiger partial charge in [0.25, 0.3) is 0 Å². The topological polar surface area (TPSA) is 50.4 Å². The molecule has 1 saturated heterocycles. The number of methoxy groups -OCH3 is 1. The Labute approximate surface area is 106 Å². The Balaban J connectivity index is 1.85. The first kappa shape index (κ1) is 12.8. The van der Waals surface area contributed by atoms with Crippen LogP contribution in [-0.4, -0.2) is 32.7 Å². The van der Waals surface area contributed by atoms with Gasteiger partial charge in [-0.05, 0) is 30.2 Å². The predicted octanol–water partition coefficient (Wildman–Crippen LogP) is 0.712. The Morgan fingerprint density at radius 3 is 2.94 bits per heavy atom. The number of hydrogen-bond acceptors (Lipinski definition) is 3. The highest BCUT2D eigenvalue weighted by atomic mass is 19.1. The number of benzene rings is 1. The molecule has 1 fully saturated rings. The highest BCUT2D eigenvalue weighted by Crippen LogP contribution is 2.19. The maximum atomic E-state index is 13.1. The van der Waals surface area contributed by atoms with Gasteiger partial charge in [0.15, 0.2) is 0 Å². The lowest BCUT2D eigenvalue weighted by Crippen LogP contribution is -2.51.